The van der Waals surface area contributed by atoms with Crippen molar-refractivity contribution < 1.29 is 4.79 Å². The molecule has 1 aliphatic rings. The molecule has 4 rings (SSSR count). The van der Waals surface area contributed by atoms with Crippen LogP contribution in [0.1, 0.15) is 61.4 Å². The van der Waals surface area contributed by atoms with Crippen molar-refractivity contribution in [1.82, 2.24) is 9.80 Å². The van der Waals surface area contributed by atoms with Gasteiger partial charge in [-0.05, 0) is 62.6 Å². The Labute approximate surface area is 211 Å². The van der Waals surface area contributed by atoms with Crippen molar-refractivity contribution >= 4 is 5.91 Å². The van der Waals surface area contributed by atoms with E-state index in [4.69, 9.17) is 0 Å². The summed E-state index contributed by atoms with van der Waals surface area (Å²) in [6.07, 6.45) is 3.93. The number of likely N-dealkylation sites (tertiary alicyclic amines) is 1. The Morgan fingerprint density at radius 1 is 0.914 bits per heavy atom. The largest absolute Gasteiger partial charge is 0.342 e. The zero-order chi connectivity index (χ0) is 24.6. The van der Waals surface area contributed by atoms with Gasteiger partial charge in [0, 0.05) is 38.1 Å². The van der Waals surface area contributed by atoms with Crippen molar-refractivity contribution in [3.05, 3.63) is 107 Å². The number of carbonyl (C=O) groups excluding carboxylic acids is 1. The molecule has 35 heavy (non-hydrogen) atoms. The Kier molecular flexibility index (Phi) is 8.76. The van der Waals surface area contributed by atoms with E-state index in [1.54, 1.807) is 0 Å². The zero-order valence-electron chi connectivity index (χ0n) is 21.6. The van der Waals surface area contributed by atoms with E-state index in [0.717, 1.165) is 32.5 Å². The quantitative estimate of drug-likeness (QED) is 0.344. The summed E-state index contributed by atoms with van der Waals surface area (Å²) in [5.74, 6) is 0.846. The van der Waals surface area contributed by atoms with Gasteiger partial charge >= 0.3 is 0 Å². The number of carbonyl (C=O) groups is 1. The van der Waals surface area contributed by atoms with Crippen LogP contribution in [0.5, 0.6) is 0 Å². The monoisotopic (exact) mass is 468 g/mol. The third-order valence-corrected chi connectivity index (χ3v) is 7.54. The van der Waals surface area contributed by atoms with Crippen molar-refractivity contribution in [2.75, 3.05) is 13.1 Å². The summed E-state index contributed by atoms with van der Waals surface area (Å²) in [5, 5.41) is 0. The second-order valence-electron chi connectivity index (χ2n) is 10.3. The highest BCUT2D eigenvalue weighted by molar-refractivity contribution is 5.77. The molecule has 1 heterocycles. The van der Waals surface area contributed by atoms with Crippen molar-refractivity contribution in [2.24, 2.45) is 5.92 Å². The zero-order valence-corrected chi connectivity index (χ0v) is 21.6. The van der Waals surface area contributed by atoms with E-state index in [1.807, 2.05) is 0 Å². The highest BCUT2D eigenvalue weighted by Crippen LogP contribution is 2.27. The molecular formula is C32H40N2O. The van der Waals surface area contributed by atoms with Crippen LogP contribution >= 0.6 is 0 Å². The number of hydrogen-bond donors (Lipinski definition) is 0. The summed E-state index contributed by atoms with van der Waals surface area (Å²) in [4.78, 5) is 18.1. The Morgan fingerprint density at radius 2 is 1.57 bits per heavy atom. The molecule has 0 unspecified atom stereocenters. The molecule has 3 atom stereocenters. The first-order valence-corrected chi connectivity index (χ1v) is 13.2. The van der Waals surface area contributed by atoms with Crippen molar-refractivity contribution in [3.63, 3.8) is 0 Å². The minimum Gasteiger partial charge on any atom is -0.342 e. The van der Waals surface area contributed by atoms with E-state index in [9.17, 15) is 4.79 Å². The highest BCUT2D eigenvalue weighted by Gasteiger charge is 2.28. The summed E-state index contributed by atoms with van der Waals surface area (Å²) < 4.78 is 0. The van der Waals surface area contributed by atoms with Crippen LogP contribution in [0.4, 0.5) is 0 Å². The van der Waals surface area contributed by atoms with Gasteiger partial charge in [0.05, 0.1) is 0 Å². The number of piperidine rings is 1. The van der Waals surface area contributed by atoms with Crippen LogP contribution in [0.3, 0.4) is 0 Å². The molecule has 3 aromatic carbocycles. The lowest BCUT2D eigenvalue weighted by atomic mass is 9.90. The molecule has 184 valence electrons. The number of nitrogens with zero attached hydrogens (tertiary/aromatic N) is 2. The van der Waals surface area contributed by atoms with Crippen LogP contribution in [0.15, 0.2) is 84.9 Å². The maximum absolute atomic E-state index is 13.5. The third-order valence-electron chi connectivity index (χ3n) is 7.54. The Morgan fingerprint density at radius 3 is 2.26 bits per heavy atom. The van der Waals surface area contributed by atoms with E-state index < -0.39 is 0 Å². The lowest BCUT2D eigenvalue weighted by molar-refractivity contribution is -0.134. The minimum atomic E-state index is 0.149. The van der Waals surface area contributed by atoms with E-state index in [-0.39, 0.29) is 12.1 Å². The fourth-order valence-corrected chi connectivity index (χ4v) is 5.41. The molecule has 0 radical (unpaired) electrons. The van der Waals surface area contributed by atoms with Crippen molar-refractivity contribution in [1.29, 1.82) is 0 Å². The summed E-state index contributed by atoms with van der Waals surface area (Å²) in [6, 6.07) is 30.5. The normalized spacial score (nSPS) is 17.8. The average molecular weight is 469 g/mol. The molecule has 0 aromatic heterocycles. The molecular weight excluding hydrogens is 428 g/mol. The lowest BCUT2D eigenvalue weighted by Gasteiger charge is -2.37. The molecule has 3 aromatic rings. The van der Waals surface area contributed by atoms with Gasteiger partial charge in [-0.1, -0.05) is 90.5 Å². The maximum atomic E-state index is 13.5. The summed E-state index contributed by atoms with van der Waals surface area (Å²) >= 11 is 0. The van der Waals surface area contributed by atoms with Crippen LogP contribution in [0, 0.1) is 12.8 Å². The summed E-state index contributed by atoms with van der Waals surface area (Å²) in [6.45, 7) is 9.22. The topological polar surface area (TPSA) is 23.6 Å². The number of rotatable bonds is 9. The van der Waals surface area contributed by atoms with Crippen LogP contribution < -0.4 is 0 Å². The van der Waals surface area contributed by atoms with Gasteiger partial charge in [0.1, 0.15) is 0 Å². The number of aryl methyl sites for hydroxylation is 1. The second kappa shape index (κ2) is 12.2. The predicted molar refractivity (Wildman–Crippen MR) is 145 cm³/mol. The van der Waals surface area contributed by atoms with Gasteiger partial charge in [0.2, 0.25) is 5.91 Å². The molecule has 3 heteroatoms. The SMILES string of the molecule is Cc1ccc(C[C@@H]2CCCN(C(=O)C[C@@H](C)N(Cc3ccccc3)[C@H](C)c3ccccc3)C2)cc1. The van der Waals surface area contributed by atoms with E-state index >= 15 is 0 Å². The first-order valence-electron chi connectivity index (χ1n) is 13.2. The van der Waals surface area contributed by atoms with Gasteiger partial charge in [-0.3, -0.25) is 9.69 Å². The molecule has 1 fully saturated rings. The fourth-order valence-electron chi connectivity index (χ4n) is 5.41. The third kappa shape index (κ3) is 7.05. The fraction of sp³-hybridized carbons (Fsp3) is 0.406. The van der Waals surface area contributed by atoms with Gasteiger partial charge in [0.25, 0.3) is 0 Å². The van der Waals surface area contributed by atoms with Crippen molar-refractivity contribution in [3.8, 4) is 0 Å². The standard InChI is InChI=1S/C32H40N2O/c1-25-16-18-28(19-17-25)22-30-13-10-20-33(23-30)32(35)21-26(2)34(24-29-11-6-4-7-12-29)27(3)31-14-8-5-9-15-31/h4-9,11-12,14-19,26-27,30H,10,13,20-24H2,1-3H3/t26-,27-,30+/m1/s1. The molecule has 1 aliphatic heterocycles. The van der Waals surface area contributed by atoms with Gasteiger partial charge < -0.3 is 4.90 Å². The first kappa shape index (κ1) is 25.2. The Hall–Kier alpha value is -2.91. The maximum Gasteiger partial charge on any atom is 0.224 e. The second-order valence-corrected chi connectivity index (χ2v) is 10.3. The molecule has 0 aliphatic carbocycles. The van der Waals surface area contributed by atoms with Gasteiger partial charge in [0.15, 0.2) is 0 Å². The molecule has 3 nitrogen and oxygen atoms in total. The number of hydrogen-bond acceptors (Lipinski definition) is 2. The molecule has 1 saturated heterocycles. The minimum absolute atomic E-state index is 0.149. The Balaban J connectivity index is 1.41. The van der Waals surface area contributed by atoms with Crippen molar-refractivity contribution in [2.45, 2.75) is 65.1 Å². The van der Waals surface area contributed by atoms with E-state index in [2.05, 4.69) is 116 Å². The lowest BCUT2D eigenvalue weighted by Crippen LogP contribution is -2.44. The smallest absolute Gasteiger partial charge is 0.224 e. The van der Waals surface area contributed by atoms with Crippen LogP contribution in [0.2, 0.25) is 0 Å². The van der Waals surface area contributed by atoms with Gasteiger partial charge in [-0.25, -0.2) is 0 Å². The Bertz CT molecular complexity index is 1050. The molecule has 0 saturated carbocycles. The van der Waals surface area contributed by atoms with Crippen LogP contribution in [-0.4, -0.2) is 34.8 Å². The van der Waals surface area contributed by atoms with Gasteiger partial charge in [-0.2, -0.15) is 0 Å². The summed E-state index contributed by atoms with van der Waals surface area (Å²) in [5.41, 5.74) is 5.26. The molecule has 0 bridgehead atoms. The molecule has 0 N–H and O–H groups in total. The van der Waals surface area contributed by atoms with Crippen LogP contribution in [0.25, 0.3) is 0 Å². The summed E-state index contributed by atoms with van der Waals surface area (Å²) in [7, 11) is 0. The first-order chi connectivity index (χ1) is 17.0. The van der Waals surface area contributed by atoms with Gasteiger partial charge in [-0.15, -0.1) is 0 Å². The molecule has 0 spiro atoms. The highest BCUT2D eigenvalue weighted by atomic mass is 16.2. The predicted octanol–water partition coefficient (Wildman–Crippen LogP) is 6.82. The number of amides is 1. The van der Waals surface area contributed by atoms with E-state index in [0.29, 0.717) is 18.2 Å². The number of benzene rings is 3. The average Bonchev–Trinajstić information content (AvgIpc) is 2.89. The molecule has 1 amide bonds. The van der Waals surface area contributed by atoms with E-state index in [1.165, 1.54) is 28.7 Å². The van der Waals surface area contributed by atoms with Crippen LogP contribution in [-0.2, 0) is 17.8 Å².